The monoisotopic (exact) mass is 350 g/mol. The third-order valence-corrected chi connectivity index (χ3v) is 4.40. The van der Waals surface area contributed by atoms with E-state index in [4.69, 9.17) is 0 Å². The zero-order valence-electron chi connectivity index (χ0n) is 11.2. The van der Waals surface area contributed by atoms with Gasteiger partial charge in [0.25, 0.3) is 0 Å². The van der Waals surface area contributed by atoms with Crippen LogP contribution in [0.15, 0.2) is 40.9 Å². The van der Waals surface area contributed by atoms with Gasteiger partial charge in [-0.1, -0.05) is 40.2 Å². The number of benzene rings is 2. The van der Waals surface area contributed by atoms with Gasteiger partial charge in [-0.3, -0.25) is 4.79 Å². The first-order chi connectivity index (χ1) is 10.1. The van der Waals surface area contributed by atoms with Gasteiger partial charge in [-0.05, 0) is 42.5 Å². The van der Waals surface area contributed by atoms with Gasteiger partial charge in [-0.2, -0.15) is 0 Å². The van der Waals surface area contributed by atoms with Crippen LogP contribution in [0.25, 0.3) is 0 Å². The molecule has 1 aliphatic rings. The number of carbonyl (C=O) groups is 1. The molecule has 3 rings (SSSR count). The van der Waals surface area contributed by atoms with E-state index in [9.17, 15) is 13.6 Å². The fraction of sp³-hybridized carbons (Fsp3) is 0.235. The largest absolute Gasteiger partial charge is 0.293 e. The summed E-state index contributed by atoms with van der Waals surface area (Å²) in [7, 11) is 0. The summed E-state index contributed by atoms with van der Waals surface area (Å²) >= 11 is 3.03. The van der Waals surface area contributed by atoms with E-state index in [2.05, 4.69) is 15.9 Å². The summed E-state index contributed by atoms with van der Waals surface area (Å²) in [5.41, 5.74) is 1.57. The lowest BCUT2D eigenvalue weighted by Crippen LogP contribution is -2.20. The minimum Gasteiger partial charge on any atom is -0.293 e. The summed E-state index contributed by atoms with van der Waals surface area (Å²) in [4.78, 5) is 12.6. The number of ketones is 1. The predicted octanol–water partition coefficient (Wildman–Crippen LogP) is 5.03. The van der Waals surface area contributed by atoms with Gasteiger partial charge in [-0.25, -0.2) is 8.78 Å². The third-order valence-electron chi connectivity index (χ3n) is 3.94. The van der Waals surface area contributed by atoms with E-state index in [1.54, 1.807) is 0 Å². The van der Waals surface area contributed by atoms with Crippen LogP contribution in [-0.4, -0.2) is 5.78 Å². The van der Waals surface area contributed by atoms with Crippen LogP contribution in [0.3, 0.4) is 0 Å². The zero-order valence-corrected chi connectivity index (χ0v) is 12.8. The lowest BCUT2D eigenvalue weighted by atomic mass is 9.79. The van der Waals surface area contributed by atoms with Crippen LogP contribution in [0.2, 0.25) is 0 Å². The number of Topliss-reactive ketones (excluding diaryl/α,β-unsaturated/α-hetero) is 1. The van der Waals surface area contributed by atoms with E-state index in [0.29, 0.717) is 6.42 Å². The Bertz CT molecular complexity index is 689. The smallest absolute Gasteiger partial charge is 0.176 e. The highest BCUT2D eigenvalue weighted by Gasteiger charge is 2.30. The van der Waals surface area contributed by atoms with Gasteiger partial charge in [0.05, 0.1) is 5.56 Å². The molecule has 1 atom stereocenters. The fourth-order valence-electron chi connectivity index (χ4n) is 2.98. The molecule has 21 heavy (non-hydrogen) atoms. The number of halogens is 3. The van der Waals surface area contributed by atoms with Gasteiger partial charge in [0.1, 0.15) is 11.6 Å². The molecule has 2 aromatic carbocycles. The Morgan fingerprint density at radius 1 is 1.14 bits per heavy atom. The molecule has 0 radical (unpaired) electrons. The number of aryl methyl sites for hydroxylation is 1. The second kappa shape index (κ2) is 5.68. The van der Waals surface area contributed by atoms with Crippen molar-refractivity contribution in [3.05, 3.63) is 69.2 Å². The second-order valence-electron chi connectivity index (χ2n) is 5.25. The summed E-state index contributed by atoms with van der Waals surface area (Å²) in [6.45, 7) is 0. The van der Waals surface area contributed by atoms with E-state index in [0.717, 1.165) is 36.1 Å². The zero-order chi connectivity index (χ0) is 15.0. The molecule has 0 bridgehead atoms. The molecule has 108 valence electrons. The van der Waals surface area contributed by atoms with E-state index in [-0.39, 0.29) is 4.47 Å². The van der Waals surface area contributed by atoms with Gasteiger partial charge in [0, 0.05) is 10.4 Å². The van der Waals surface area contributed by atoms with Crippen LogP contribution in [0, 0.1) is 11.6 Å². The first-order valence-electron chi connectivity index (χ1n) is 6.84. The van der Waals surface area contributed by atoms with Gasteiger partial charge < -0.3 is 0 Å². The molecule has 4 heteroatoms. The van der Waals surface area contributed by atoms with Crippen molar-refractivity contribution >= 4 is 21.7 Å². The first kappa shape index (κ1) is 14.4. The molecule has 1 nitrogen and oxygen atoms in total. The molecule has 0 amide bonds. The Kier molecular flexibility index (Phi) is 3.89. The lowest BCUT2D eigenvalue weighted by molar-refractivity contribution is 0.0942. The van der Waals surface area contributed by atoms with E-state index in [1.165, 1.54) is 0 Å². The maximum atomic E-state index is 14.0. The van der Waals surface area contributed by atoms with Gasteiger partial charge in [0.2, 0.25) is 0 Å². The molecule has 0 aliphatic heterocycles. The van der Waals surface area contributed by atoms with Crippen molar-refractivity contribution in [2.24, 2.45) is 0 Å². The molecule has 0 spiro atoms. The van der Waals surface area contributed by atoms with Crippen LogP contribution < -0.4 is 0 Å². The van der Waals surface area contributed by atoms with Crippen molar-refractivity contribution in [1.82, 2.24) is 0 Å². The van der Waals surface area contributed by atoms with Crippen LogP contribution >= 0.6 is 15.9 Å². The van der Waals surface area contributed by atoms with Crippen molar-refractivity contribution in [3.63, 3.8) is 0 Å². The quantitative estimate of drug-likeness (QED) is 0.694. The van der Waals surface area contributed by atoms with Crippen LogP contribution in [-0.2, 0) is 6.42 Å². The predicted molar refractivity (Wildman–Crippen MR) is 80.5 cm³/mol. The highest BCUT2D eigenvalue weighted by atomic mass is 79.9. The number of hydrogen-bond acceptors (Lipinski definition) is 1. The van der Waals surface area contributed by atoms with Crippen molar-refractivity contribution in [1.29, 1.82) is 0 Å². The Morgan fingerprint density at radius 3 is 2.52 bits per heavy atom. The molecule has 2 aromatic rings. The second-order valence-corrected chi connectivity index (χ2v) is 6.17. The maximum Gasteiger partial charge on any atom is 0.176 e. The van der Waals surface area contributed by atoms with Crippen LogP contribution in [0.5, 0.6) is 0 Å². The fourth-order valence-corrected chi connectivity index (χ4v) is 3.38. The Hall–Kier alpha value is -1.55. The molecular formula is C17H13BrF2O. The summed E-state index contributed by atoms with van der Waals surface area (Å²) in [6.07, 6.45) is 2.39. The molecule has 0 aromatic heterocycles. The standard InChI is InChI=1S/C17H13BrF2O/c18-11-8-14(19)16(15(20)9-11)17(21)13-7-3-5-10-4-1-2-6-12(10)13/h1-2,4,6,8-9,13H,3,5,7H2. The van der Waals surface area contributed by atoms with Crippen molar-refractivity contribution in [2.45, 2.75) is 25.2 Å². The number of hydrogen-bond donors (Lipinski definition) is 0. The molecule has 0 N–H and O–H groups in total. The average Bonchev–Trinajstić information content (AvgIpc) is 2.45. The minimum absolute atomic E-state index is 0.290. The first-order valence-corrected chi connectivity index (χ1v) is 7.64. The molecule has 0 saturated heterocycles. The highest BCUT2D eigenvalue weighted by molar-refractivity contribution is 9.10. The summed E-state index contributed by atoms with van der Waals surface area (Å²) in [5.74, 6) is -2.55. The van der Waals surface area contributed by atoms with E-state index < -0.39 is 28.9 Å². The topological polar surface area (TPSA) is 17.1 Å². The molecule has 1 aliphatic carbocycles. The summed E-state index contributed by atoms with van der Waals surface area (Å²) < 4.78 is 28.3. The van der Waals surface area contributed by atoms with Crippen molar-refractivity contribution in [3.8, 4) is 0 Å². The summed E-state index contributed by atoms with van der Waals surface area (Å²) in [6, 6.07) is 9.90. The van der Waals surface area contributed by atoms with E-state index in [1.807, 2.05) is 24.3 Å². The van der Waals surface area contributed by atoms with Gasteiger partial charge in [-0.15, -0.1) is 0 Å². The van der Waals surface area contributed by atoms with Crippen molar-refractivity contribution < 1.29 is 13.6 Å². The Balaban J connectivity index is 2.05. The summed E-state index contributed by atoms with van der Waals surface area (Å²) in [5, 5.41) is 0. The molecule has 0 fully saturated rings. The normalized spacial score (nSPS) is 17.4. The Labute approximate surface area is 130 Å². The molecular weight excluding hydrogens is 338 g/mol. The molecule has 1 unspecified atom stereocenters. The third kappa shape index (κ3) is 2.64. The van der Waals surface area contributed by atoms with E-state index >= 15 is 0 Å². The number of fused-ring (bicyclic) bond motifs is 1. The number of rotatable bonds is 2. The van der Waals surface area contributed by atoms with Gasteiger partial charge >= 0.3 is 0 Å². The molecule has 0 heterocycles. The van der Waals surface area contributed by atoms with Crippen LogP contribution in [0.1, 0.15) is 40.2 Å². The SMILES string of the molecule is O=C(c1c(F)cc(Br)cc1F)C1CCCc2ccccc21. The highest BCUT2D eigenvalue weighted by Crippen LogP contribution is 2.35. The maximum absolute atomic E-state index is 14.0. The minimum atomic E-state index is -0.810. The Morgan fingerprint density at radius 2 is 1.81 bits per heavy atom. The van der Waals surface area contributed by atoms with Gasteiger partial charge in [0.15, 0.2) is 5.78 Å². The average molecular weight is 351 g/mol. The number of carbonyl (C=O) groups excluding carboxylic acids is 1. The lowest BCUT2D eigenvalue weighted by Gasteiger charge is -2.24. The molecule has 0 saturated carbocycles. The van der Waals surface area contributed by atoms with Crippen LogP contribution in [0.4, 0.5) is 8.78 Å². The van der Waals surface area contributed by atoms with Crippen molar-refractivity contribution in [2.75, 3.05) is 0 Å².